The topological polar surface area (TPSA) is 66.3 Å². The van der Waals surface area contributed by atoms with E-state index >= 15 is 0 Å². The van der Waals surface area contributed by atoms with Crippen LogP contribution < -0.4 is 0 Å². The zero-order valence-electron chi connectivity index (χ0n) is 16.6. The number of aliphatic carboxylic acids is 1. The number of para-hydroxylation sites is 1. The Balaban J connectivity index is 1.62. The van der Waals surface area contributed by atoms with Gasteiger partial charge in [0.25, 0.3) is 0 Å². The van der Waals surface area contributed by atoms with E-state index in [0.29, 0.717) is 6.54 Å². The average Bonchev–Trinajstić information content (AvgIpc) is 2.79. The second-order valence-corrected chi connectivity index (χ2v) is 8.02. The van der Waals surface area contributed by atoms with Gasteiger partial charge in [-0.2, -0.15) is 0 Å². The minimum absolute atomic E-state index is 0.0400. The van der Waals surface area contributed by atoms with Crippen LogP contribution in [0, 0.1) is 5.92 Å². The highest BCUT2D eigenvalue weighted by Gasteiger charge is 2.31. The van der Waals surface area contributed by atoms with Gasteiger partial charge in [0.05, 0.1) is 17.5 Å². The van der Waals surface area contributed by atoms with Crippen LogP contribution in [0.25, 0.3) is 21.7 Å². The molecule has 0 amide bonds. The predicted molar refractivity (Wildman–Crippen MR) is 117 cm³/mol. The first-order valence-corrected chi connectivity index (χ1v) is 10.3. The summed E-state index contributed by atoms with van der Waals surface area (Å²) in [6.45, 7) is 1.41. The third-order valence-electron chi connectivity index (χ3n) is 6.07. The number of fused-ring (bicyclic) bond motifs is 2. The van der Waals surface area contributed by atoms with Gasteiger partial charge >= 0.3 is 5.97 Å². The molecule has 1 aliphatic heterocycles. The summed E-state index contributed by atoms with van der Waals surface area (Å²) >= 11 is 0. The van der Waals surface area contributed by atoms with Gasteiger partial charge < -0.3 is 5.11 Å². The van der Waals surface area contributed by atoms with Crippen molar-refractivity contribution in [2.75, 3.05) is 13.1 Å². The Hall–Kier alpha value is -3.31. The third kappa shape index (κ3) is 3.53. The van der Waals surface area contributed by atoms with Gasteiger partial charge in [-0.3, -0.25) is 19.7 Å². The van der Waals surface area contributed by atoms with E-state index < -0.39 is 5.97 Å². The summed E-state index contributed by atoms with van der Waals surface area (Å²) in [5.41, 5.74) is 3.21. The summed E-state index contributed by atoms with van der Waals surface area (Å²) in [5.74, 6) is -1.04. The van der Waals surface area contributed by atoms with Crippen molar-refractivity contribution in [2.24, 2.45) is 5.92 Å². The predicted octanol–water partition coefficient (Wildman–Crippen LogP) is 4.67. The Bertz CT molecular complexity index is 1140. The number of benzene rings is 2. The maximum absolute atomic E-state index is 11.7. The number of aromatic nitrogens is 2. The molecule has 5 rings (SSSR count). The van der Waals surface area contributed by atoms with Crippen molar-refractivity contribution in [3.8, 4) is 0 Å². The molecule has 2 aromatic heterocycles. The molecule has 1 fully saturated rings. The van der Waals surface area contributed by atoms with Crippen molar-refractivity contribution in [2.45, 2.75) is 18.9 Å². The Kier molecular flexibility index (Phi) is 4.89. The molecule has 1 N–H and O–H groups in total. The minimum Gasteiger partial charge on any atom is -0.481 e. The molecule has 0 bridgehead atoms. The Morgan fingerprint density at radius 1 is 1.00 bits per heavy atom. The molecule has 1 saturated heterocycles. The average molecular weight is 397 g/mol. The number of carboxylic acid groups (broad SMARTS) is 1. The molecule has 5 nitrogen and oxygen atoms in total. The summed E-state index contributed by atoms with van der Waals surface area (Å²) in [6.07, 6.45) is 7.23. The lowest BCUT2D eigenvalue weighted by Crippen LogP contribution is -2.41. The highest BCUT2D eigenvalue weighted by molar-refractivity contribution is 5.83. The summed E-state index contributed by atoms with van der Waals surface area (Å²) < 4.78 is 0. The Morgan fingerprint density at radius 2 is 1.87 bits per heavy atom. The zero-order valence-corrected chi connectivity index (χ0v) is 16.6. The fourth-order valence-corrected chi connectivity index (χ4v) is 4.57. The lowest BCUT2D eigenvalue weighted by atomic mass is 9.91. The molecule has 2 atom stereocenters. The van der Waals surface area contributed by atoms with Crippen LogP contribution in [-0.4, -0.2) is 39.0 Å². The van der Waals surface area contributed by atoms with Crippen molar-refractivity contribution in [3.63, 3.8) is 0 Å². The largest absolute Gasteiger partial charge is 0.481 e. The summed E-state index contributed by atoms with van der Waals surface area (Å²) in [7, 11) is 0. The second kappa shape index (κ2) is 7.84. The van der Waals surface area contributed by atoms with Crippen LogP contribution in [0.4, 0.5) is 0 Å². The molecule has 2 unspecified atom stereocenters. The van der Waals surface area contributed by atoms with E-state index in [1.807, 2.05) is 36.7 Å². The number of piperidine rings is 1. The molecule has 30 heavy (non-hydrogen) atoms. The van der Waals surface area contributed by atoms with Gasteiger partial charge in [0.1, 0.15) is 0 Å². The molecule has 0 radical (unpaired) electrons. The first kappa shape index (κ1) is 18.7. The zero-order chi connectivity index (χ0) is 20.5. The van der Waals surface area contributed by atoms with Crippen LogP contribution in [0.3, 0.4) is 0 Å². The van der Waals surface area contributed by atoms with E-state index in [1.165, 1.54) is 0 Å². The van der Waals surface area contributed by atoms with Gasteiger partial charge in [0, 0.05) is 35.9 Å². The van der Waals surface area contributed by atoms with E-state index in [-0.39, 0.29) is 12.0 Å². The number of pyridine rings is 2. The SMILES string of the molecule is O=C(O)C1CCCN(C(c2ccc3cnccc3c2)c2cnc3ccccc3c2)C1. The van der Waals surface area contributed by atoms with E-state index in [4.69, 9.17) is 0 Å². The maximum atomic E-state index is 11.7. The van der Waals surface area contributed by atoms with E-state index in [0.717, 1.165) is 52.2 Å². The number of carboxylic acids is 1. The number of rotatable bonds is 4. The maximum Gasteiger partial charge on any atom is 0.307 e. The van der Waals surface area contributed by atoms with Crippen molar-refractivity contribution < 1.29 is 9.90 Å². The third-order valence-corrected chi connectivity index (χ3v) is 6.07. The van der Waals surface area contributed by atoms with Gasteiger partial charge in [-0.15, -0.1) is 0 Å². The van der Waals surface area contributed by atoms with Gasteiger partial charge in [-0.1, -0.05) is 30.3 Å². The van der Waals surface area contributed by atoms with Crippen molar-refractivity contribution in [1.82, 2.24) is 14.9 Å². The summed E-state index contributed by atoms with van der Waals surface area (Å²) in [6, 6.07) is 18.7. The highest BCUT2D eigenvalue weighted by Crippen LogP contribution is 2.34. The fraction of sp³-hybridized carbons (Fsp3) is 0.240. The first-order valence-electron chi connectivity index (χ1n) is 10.3. The molecule has 0 saturated carbocycles. The van der Waals surface area contributed by atoms with Gasteiger partial charge in [-0.25, -0.2) is 0 Å². The standard InChI is InChI=1S/C25H23N3O2/c29-25(30)21-5-3-11-28(16-21)24(19-7-8-20-14-26-10-9-17(20)12-19)22-13-18-4-1-2-6-23(18)27-15-22/h1-2,4,6-10,12-15,21,24H,3,5,11,16H2,(H,29,30). The fourth-order valence-electron chi connectivity index (χ4n) is 4.57. The number of likely N-dealkylation sites (tertiary alicyclic amines) is 1. The minimum atomic E-state index is -0.709. The van der Waals surface area contributed by atoms with E-state index in [2.05, 4.69) is 45.2 Å². The quantitative estimate of drug-likeness (QED) is 0.542. The Morgan fingerprint density at radius 3 is 2.77 bits per heavy atom. The van der Waals surface area contributed by atoms with E-state index in [9.17, 15) is 9.90 Å². The van der Waals surface area contributed by atoms with Crippen molar-refractivity contribution >= 4 is 27.6 Å². The number of hydrogen-bond acceptors (Lipinski definition) is 4. The van der Waals surface area contributed by atoms with Gasteiger partial charge in [0.15, 0.2) is 0 Å². The number of carbonyl (C=O) groups is 1. The van der Waals surface area contributed by atoms with Crippen LogP contribution >= 0.6 is 0 Å². The molecule has 2 aromatic carbocycles. The smallest absolute Gasteiger partial charge is 0.307 e. The molecule has 150 valence electrons. The molecular formula is C25H23N3O2. The molecule has 4 aromatic rings. The highest BCUT2D eigenvalue weighted by atomic mass is 16.4. The van der Waals surface area contributed by atoms with Crippen LogP contribution in [0.5, 0.6) is 0 Å². The normalized spacial score (nSPS) is 18.5. The van der Waals surface area contributed by atoms with Crippen molar-refractivity contribution in [1.29, 1.82) is 0 Å². The summed E-state index contributed by atoms with van der Waals surface area (Å²) in [4.78, 5) is 22.9. The lowest BCUT2D eigenvalue weighted by molar-refractivity contribution is -0.143. The van der Waals surface area contributed by atoms with E-state index in [1.54, 1.807) is 6.20 Å². The second-order valence-electron chi connectivity index (χ2n) is 8.02. The lowest BCUT2D eigenvalue weighted by Gasteiger charge is -2.37. The van der Waals surface area contributed by atoms with Gasteiger partial charge in [0.2, 0.25) is 0 Å². The first-order chi connectivity index (χ1) is 14.7. The molecular weight excluding hydrogens is 374 g/mol. The van der Waals surface area contributed by atoms with Crippen LogP contribution in [0.1, 0.15) is 30.0 Å². The molecule has 5 heteroatoms. The van der Waals surface area contributed by atoms with Crippen molar-refractivity contribution in [3.05, 3.63) is 84.3 Å². The number of hydrogen-bond donors (Lipinski definition) is 1. The molecule has 0 aliphatic carbocycles. The molecule has 3 heterocycles. The molecule has 0 spiro atoms. The monoisotopic (exact) mass is 397 g/mol. The van der Waals surface area contributed by atoms with Crippen LogP contribution in [-0.2, 0) is 4.79 Å². The van der Waals surface area contributed by atoms with Gasteiger partial charge in [-0.05, 0) is 60.2 Å². The van der Waals surface area contributed by atoms with Crippen LogP contribution in [0.15, 0.2) is 73.2 Å². The number of nitrogens with zero attached hydrogens (tertiary/aromatic N) is 3. The Labute approximate surface area is 175 Å². The molecule has 1 aliphatic rings. The summed E-state index contributed by atoms with van der Waals surface area (Å²) in [5, 5.41) is 12.9. The van der Waals surface area contributed by atoms with Crippen LogP contribution in [0.2, 0.25) is 0 Å².